The highest BCUT2D eigenvalue weighted by atomic mass is 16.5. The summed E-state index contributed by atoms with van der Waals surface area (Å²) in [5.41, 5.74) is 3.62. The van der Waals surface area contributed by atoms with Gasteiger partial charge in [0.2, 0.25) is 0 Å². The number of amides is 3. The number of nitrogens with one attached hydrogen (secondary N) is 1. The number of unbranched alkanes of at least 4 members (excludes halogenated alkanes) is 2. The molecule has 3 rings (SSSR count). The summed E-state index contributed by atoms with van der Waals surface area (Å²) in [6.45, 7) is 3.86. The van der Waals surface area contributed by atoms with Crippen LogP contribution in [0.3, 0.4) is 0 Å². The number of hydrogen-bond donors (Lipinski definition) is 1. The Morgan fingerprint density at radius 2 is 1.58 bits per heavy atom. The Balaban J connectivity index is 1.32. The molecule has 0 saturated carbocycles. The molecule has 1 aliphatic rings. The first-order valence-electron chi connectivity index (χ1n) is 10.4. The van der Waals surface area contributed by atoms with Crippen LogP contribution in [0.25, 0.3) is 0 Å². The van der Waals surface area contributed by atoms with Crippen molar-refractivity contribution in [3.63, 3.8) is 0 Å². The van der Waals surface area contributed by atoms with E-state index in [9.17, 15) is 19.2 Å². The molecular weight excluding hydrogens is 396 g/mol. The third-order valence-electron chi connectivity index (χ3n) is 5.38. The molecule has 0 radical (unpaired) electrons. The van der Waals surface area contributed by atoms with E-state index in [1.165, 1.54) is 4.90 Å². The monoisotopic (exact) mass is 422 g/mol. The first kappa shape index (κ1) is 22.2. The highest BCUT2D eigenvalue weighted by Crippen LogP contribution is 2.23. The lowest BCUT2D eigenvalue weighted by Crippen LogP contribution is -2.30. The number of imide groups is 1. The van der Waals surface area contributed by atoms with Crippen molar-refractivity contribution in [2.45, 2.75) is 39.5 Å². The second kappa shape index (κ2) is 10.0. The summed E-state index contributed by atoms with van der Waals surface area (Å²) >= 11 is 0. The second-order valence-corrected chi connectivity index (χ2v) is 7.57. The number of ether oxygens (including phenoxy) is 1. The standard InChI is InChI=1S/C24H26N2O5/c1-16-9-8-12-20(17(16)2)25-21(27)15-31-22(28)13-4-3-7-14-26-23(29)18-10-5-6-11-19(18)24(26)30/h5-6,8-12H,3-4,7,13-15H2,1-2H3,(H,25,27). The van der Waals surface area contributed by atoms with Gasteiger partial charge in [0.25, 0.3) is 17.7 Å². The molecular formula is C24H26N2O5. The number of fused-ring (bicyclic) bond motifs is 1. The number of carbonyl (C=O) groups excluding carboxylic acids is 4. The van der Waals surface area contributed by atoms with Crippen molar-refractivity contribution < 1.29 is 23.9 Å². The summed E-state index contributed by atoms with van der Waals surface area (Å²) in [6, 6.07) is 12.4. The van der Waals surface area contributed by atoms with E-state index in [-0.39, 0.29) is 30.7 Å². The maximum atomic E-state index is 12.3. The van der Waals surface area contributed by atoms with Gasteiger partial charge in [-0.25, -0.2) is 0 Å². The molecule has 7 nitrogen and oxygen atoms in total. The van der Waals surface area contributed by atoms with Gasteiger partial charge in [-0.05, 0) is 56.0 Å². The summed E-state index contributed by atoms with van der Waals surface area (Å²) in [5.74, 6) is -1.37. The molecule has 0 fully saturated rings. The number of aryl methyl sites for hydroxylation is 1. The van der Waals surface area contributed by atoms with Gasteiger partial charge in [0, 0.05) is 18.7 Å². The Morgan fingerprint density at radius 1 is 0.903 bits per heavy atom. The summed E-state index contributed by atoms with van der Waals surface area (Å²) in [7, 11) is 0. The van der Waals surface area contributed by atoms with Crippen LogP contribution in [0.15, 0.2) is 42.5 Å². The Bertz CT molecular complexity index is 980. The van der Waals surface area contributed by atoms with E-state index in [1.54, 1.807) is 30.3 Å². The largest absolute Gasteiger partial charge is 0.456 e. The Labute approximate surface area is 181 Å². The number of anilines is 1. The third kappa shape index (κ3) is 5.36. The zero-order chi connectivity index (χ0) is 22.4. The van der Waals surface area contributed by atoms with E-state index in [2.05, 4.69) is 5.32 Å². The van der Waals surface area contributed by atoms with Gasteiger partial charge >= 0.3 is 5.97 Å². The minimum atomic E-state index is -0.447. The molecule has 0 unspecified atom stereocenters. The number of carbonyl (C=O) groups is 4. The van der Waals surface area contributed by atoms with E-state index in [1.807, 2.05) is 26.0 Å². The zero-order valence-electron chi connectivity index (χ0n) is 17.8. The molecule has 162 valence electrons. The van der Waals surface area contributed by atoms with Gasteiger partial charge in [0.1, 0.15) is 0 Å². The second-order valence-electron chi connectivity index (χ2n) is 7.57. The molecule has 0 aromatic heterocycles. The van der Waals surface area contributed by atoms with Gasteiger partial charge in [0.15, 0.2) is 6.61 Å². The number of benzene rings is 2. The van der Waals surface area contributed by atoms with Crippen molar-refractivity contribution in [3.05, 3.63) is 64.7 Å². The van der Waals surface area contributed by atoms with Crippen LogP contribution in [-0.4, -0.2) is 41.7 Å². The van der Waals surface area contributed by atoms with Crippen LogP contribution in [0.1, 0.15) is 57.5 Å². The smallest absolute Gasteiger partial charge is 0.306 e. The van der Waals surface area contributed by atoms with Crippen molar-refractivity contribution >= 4 is 29.4 Å². The van der Waals surface area contributed by atoms with Crippen LogP contribution in [-0.2, 0) is 14.3 Å². The maximum Gasteiger partial charge on any atom is 0.306 e. The van der Waals surface area contributed by atoms with E-state index in [0.29, 0.717) is 42.6 Å². The first-order valence-corrected chi connectivity index (χ1v) is 10.4. The fourth-order valence-electron chi connectivity index (χ4n) is 3.45. The van der Waals surface area contributed by atoms with Crippen LogP contribution in [0.4, 0.5) is 5.69 Å². The molecule has 7 heteroatoms. The fourth-order valence-corrected chi connectivity index (χ4v) is 3.45. The molecule has 0 aliphatic carbocycles. The van der Waals surface area contributed by atoms with E-state index in [4.69, 9.17) is 4.74 Å². The minimum absolute atomic E-state index is 0.179. The van der Waals surface area contributed by atoms with Crippen LogP contribution in [0.2, 0.25) is 0 Å². The number of nitrogens with zero attached hydrogens (tertiary/aromatic N) is 1. The van der Waals surface area contributed by atoms with Crippen molar-refractivity contribution in [1.29, 1.82) is 0 Å². The summed E-state index contributed by atoms with van der Waals surface area (Å²) in [4.78, 5) is 49.7. The number of esters is 1. The molecule has 31 heavy (non-hydrogen) atoms. The Hall–Kier alpha value is -3.48. The van der Waals surface area contributed by atoms with E-state index >= 15 is 0 Å². The number of hydrogen-bond acceptors (Lipinski definition) is 5. The Morgan fingerprint density at radius 3 is 2.26 bits per heavy atom. The van der Waals surface area contributed by atoms with Crippen LogP contribution in [0.5, 0.6) is 0 Å². The summed E-state index contributed by atoms with van der Waals surface area (Å²) < 4.78 is 5.03. The SMILES string of the molecule is Cc1cccc(NC(=O)COC(=O)CCCCCN2C(=O)c3ccccc3C2=O)c1C. The maximum absolute atomic E-state index is 12.3. The Kier molecular flexibility index (Phi) is 7.18. The zero-order valence-corrected chi connectivity index (χ0v) is 17.8. The highest BCUT2D eigenvalue weighted by Gasteiger charge is 2.34. The van der Waals surface area contributed by atoms with Gasteiger partial charge in [-0.1, -0.05) is 30.7 Å². The average Bonchev–Trinajstić information content (AvgIpc) is 3.00. The molecule has 0 saturated heterocycles. The molecule has 2 aromatic rings. The molecule has 1 heterocycles. The molecule has 0 spiro atoms. The van der Waals surface area contributed by atoms with Gasteiger partial charge in [-0.3, -0.25) is 24.1 Å². The fraction of sp³-hybridized carbons (Fsp3) is 0.333. The predicted octanol–water partition coefficient (Wildman–Crippen LogP) is 3.64. The average molecular weight is 422 g/mol. The summed E-state index contributed by atoms with van der Waals surface area (Å²) in [5, 5.41) is 2.74. The molecule has 0 atom stereocenters. The first-order chi connectivity index (χ1) is 14.9. The third-order valence-corrected chi connectivity index (χ3v) is 5.38. The van der Waals surface area contributed by atoms with Crippen molar-refractivity contribution in [2.24, 2.45) is 0 Å². The van der Waals surface area contributed by atoms with E-state index in [0.717, 1.165) is 11.1 Å². The van der Waals surface area contributed by atoms with Crippen LogP contribution in [0, 0.1) is 13.8 Å². The minimum Gasteiger partial charge on any atom is -0.456 e. The normalized spacial score (nSPS) is 12.6. The van der Waals surface area contributed by atoms with Crippen LogP contribution < -0.4 is 5.32 Å². The molecule has 1 N–H and O–H groups in total. The lowest BCUT2D eigenvalue weighted by Gasteiger charge is -2.13. The topological polar surface area (TPSA) is 92.8 Å². The molecule has 3 amide bonds. The molecule has 1 aliphatic heterocycles. The number of rotatable bonds is 9. The van der Waals surface area contributed by atoms with E-state index < -0.39 is 5.97 Å². The molecule has 0 bridgehead atoms. The van der Waals surface area contributed by atoms with Crippen LogP contribution >= 0.6 is 0 Å². The lowest BCUT2D eigenvalue weighted by molar-refractivity contribution is -0.147. The van der Waals surface area contributed by atoms with Gasteiger partial charge in [-0.2, -0.15) is 0 Å². The predicted molar refractivity (Wildman–Crippen MR) is 116 cm³/mol. The van der Waals surface area contributed by atoms with Crippen molar-refractivity contribution in [3.8, 4) is 0 Å². The van der Waals surface area contributed by atoms with Gasteiger partial charge < -0.3 is 10.1 Å². The quantitative estimate of drug-likeness (QED) is 0.378. The highest BCUT2D eigenvalue weighted by molar-refractivity contribution is 6.21. The lowest BCUT2D eigenvalue weighted by atomic mass is 10.1. The van der Waals surface area contributed by atoms with Crippen molar-refractivity contribution in [2.75, 3.05) is 18.5 Å². The molecule has 2 aromatic carbocycles. The van der Waals surface area contributed by atoms with Gasteiger partial charge in [0.05, 0.1) is 11.1 Å². The van der Waals surface area contributed by atoms with Crippen molar-refractivity contribution in [1.82, 2.24) is 4.90 Å². The van der Waals surface area contributed by atoms with Gasteiger partial charge in [-0.15, -0.1) is 0 Å². The summed E-state index contributed by atoms with van der Waals surface area (Å²) in [6.07, 6.45) is 2.00.